The van der Waals surface area contributed by atoms with Gasteiger partial charge in [0.25, 0.3) is 0 Å². The Morgan fingerprint density at radius 1 is 1.33 bits per heavy atom. The van der Waals surface area contributed by atoms with E-state index in [2.05, 4.69) is 13.8 Å². The summed E-state index contributed by atoms with van der Waals surface area (Å²) in [5.41, 5.74) is 0.836. The van der Waals surface area contributed by atoms with Crippen LogP contribution in [0.5, 0.6) is 0 Å². The molecule has 1 saturated carbocycles. The third-order valence-electron chi connectivity index (χ3n) is 4.66. The molecule has 2 atom stereocenters. The van der Waals surface area contributed by atoms with Crippen LogP contribution >= 0.6 is 0 Å². The van der Waals surface area contributed by atoms with E-state index >= 15 is 0 Å². The van der Waals surface area contributed by atoms with E-state index in [-0.39, 0.29) is 11.9 Å². The maximum absolute atomic E-state index is 12.7. The number of hydrogen-bond acceptors (Lipinski definition) is 4. The number of hydrogen-bond donors (Lipinski definition) is 0. The average Bonchev–Trinajstić information content (AvgIpc) is 2.90. The van der Waals surface area contributed by atoms with Crippen molar-refractivity contribution in [3.05, 3.63) is 35.4 Å². The summed E-state index contributed by atoms with van der Waals surface area (Å²) in [4.78, 5) is 25.2. The van der Waals surface area contributed by atoms with Crippen molar-refractivity contribution in [2.45, 2.75) is 59.5 Å². The molecule has 0 bridgehead atoms. The molecule has 0 spiro atoms. The fourth-order valence-electron chi connectivity index (χ4n) is 3.73. The van der Waals surface area contributed by atoms with Gasteiger partial charge in [-0.1, -0.05) is 31.5 Å². The van der Waals surface area contributed by atoms with Crippen molar-refractivity contribution >= 4 is 11.9 Å². The van der Waals surface area contributed by atoms with E-state index in [1.807, 2.05) is 32.0 Å². The first-order chi connectivity index (χ1) is 11.4. The van der Waals surface area contributed by atoms with Gasteiger partial charge in [0.1, 0.15) is 11.5 Å². The number of carbonyl (C=O) groups is 2. The zero-order valence-electron chi connectivity index (χ0n) is 15.1. The molecule has 2 unspecified atom stereocenters. The Balaban J connectivity index is 2.22. The second-order valence-electron chi connectivity index (χ2n) is 7.13. The third kappa shape index (κ3) is 3.97. The van der Waals surface area contributed by atoms with Gasteiger partial charge in [-0.3, -0.25) is 4.79 Å². The van der Waals surface area contributed by atoms with Crippen LogP contribution in [0.25, 0.3) is 0 Å². The van der Waals surface area contributed by atoms with E-state index in [0.717, 1.165) is 18.4 Å². The summed E-state index contributed by atoms with van der Waals surface area (Å²) >= 11 is 0. The smallest absolute Gasteiger partial charge is 0.338 e. The highest BCUT2D eigenvalue weighted by Gasteiger charge is 2.52. The van der Waals surface area contributed by atoms with Crippen LogP contribution < -0.4 is 0 Å². The molecular weight excluding hydrogens is 304 g/mol. The van der Waals surface area contributed by atoms with Crippen molar-refractivity contribution in [3.63, 3.8) is 0 Å². The molecule has 0 saturated heterocycles. The number of carbonyl (C=O) groups excluding carboxylic acids is 2. The lowest BCUT2D eigenvalue weighted by Gasteiger charge is -2.34. The van der Waals surface area contributed by atoms with Crippen molar-refractivity contribution < 1.29 is 19.1 Å². The maximum Gasteiger partial charge on any atom is 0.338 e. The molecular formula is C20H28O4. The first-order valence-electron chi connectivity index (χ1n) is 8.84. The van der Waals surface area contributed by atoms with E-state index in [1.165, 1.54) is 0 Å². The van der Waals surface area contributed by atoms with Gasteiger partial charge in [-0.05, 0) is 57.6 Å². The lowest BCUT2D eigenvalue weighted by molar-refractivity contribution is -0.162. The van der Waals surface area contributed by atoms with Crippen LogP contribution in [0.1, 0.15) is 62.4 Å². The van der Waals surface area contributed by atoms with Crippen molar-refractivity contribution in [2.24, 2.45) is 11.3 Å². The number of esters is 2. The number of ether oxygens (including phenoxy) is 2. The van der Waals surface area contributed by atoms with Crippen LogP contribution in [-0.4, -0.2) is 24.6 Å². The topological polar surface area (TPSA) is 52.6 Å². The molecule has 2 rings (SSSR count). The minimum atomic E-state index is -0.705. The maximum atomic E-state index is 12.7. The Bertz CT molecular complexity index is 593. The minimum absolute atomic E-state index is 0.224. The van der Waals surface area contributed by atoms with Crippen molar-refractivity contribution in [1.29, 1.82) is 0 Å². The Morgan fingerprint density at radius 2 is 2.08 bits per heavy atom. The minimum Gasteiger partial charge on any atom is -0.465 e. The van der Waals surface area contributed by atoms with Crippen molar-refractivity contribution in [1.82, 2.24) is 0 Å². The summed E-state index contributed by atoms with van der Waals surface area (Å²) in [5.74, 6) is -0.256. The highest BCUT2D eigenvalue weighted by Crippen LogP contribution is 2.46. The van der Waals surface area contributed by atoms with Crippen LogP contribution in [0.3, 0.4) is 0 Å². The Kier molecular flexibility index (Phi) is 6.03. The molecule has 1 aliphatic carbocycles. The highest BCUT2D eigenvalue weighted by molar-refractivity contribution is 5.90. The number of aryl methyl sites for hydroxylation is 1. The molecule has 0 amide bonds. The first-order valence-corrected chi connectivity index (χ1v) is 8.84. The molecule has 0 aromatic heterocycles. The molecule has 1 aromatic carbocycles. The Morgan fingerprint density at radius 3 is 2.71 bits per heavy atom. The molecule has 1 aromatic rings. The van der Waals surface area contributed by atoms with Crippen LogP contribution in [0.15, 0.2) is 24.3 Å². The summed E-state index contributed by atoms with van der Waals surface area (Å²) in [7, 11) is 0. The SMILES string of the molecule is CCOC(=O)C1(CC(C)C)CCCC1OC(=O)c1cccc(C)c1. The average molecular weight is 332 g/mol. The molecule has 4 heteroatoms. The molecule has 4 nitrogen and oxygen atoms in total. The Labute approximate surface area is 144 Å². The van der Waals surface area contributed by atoms with Gasteiger partial charge in [0, 0.05) is 0 Å². The summed E-state index contributed by atoms with van der Waals surface area (Å²) in [6.07, 6.45) is 2.57. The zero-order chi connectivity index (χ0) is 17.7. The van der Waals surface area contributed by atoms with Gasteiger partial charge in [0.2, 0.25) is 0 Å². The van der Waals surface area contributed by atoms with Crippen LogP contribution in [0.4, 0.5) is 0 Å². The van der Waals surface area contributed by atoms with Gasteiger partial charge in [-0.2, -0.15) is 0 Å². The van der Waals surface area contributed by atoms with Crippen molar-refractivity contribution in [3.8, 4) is 0 Å². The quantitative estimate of drug-likeness (QED) is 0.729. The molecule has 24 heavy (non-hydrogen) atoms. The summed E-state index contributed by atoms with van der Waals surface area (Å²) < 4.78 is 11.1. The van der Waals surface area contributed by atoms with Gasteiger partial charge in [-0.25, -0.2) is 4.79 Å². The Hall–Kier alpha value is -1.84. The van der Waals surface area contributed by atoms with E-state index in [9.17, 15) is 9.59 Å². The normalized spacial score (nSPS) is 23.3. The monoisotopic (exact) mass is 332 g/mol. The highest BCUT2D eigenvalue weighted by atomic mass is 16.6. The molecule has 132 valence electrons. The van der Waals surface area contributed by atoms with E-state index in [1.54, 1.807) is 6.07 Å². The van der Waals surface area contributed by atoms with Gasteiger partial charge in [-0.15, -0.1) is 0 Å². The van der Waals surface area contributed by atoms with Gasteiger partial charge in [0.05, 0.1) is 12.2 Å². The van der Waals surface area contributed by atoms with Crippen LogP contribution in [0, 0.1) is 18.3 Å². The predicted octanol–water partition coefficient (Wildman–Crippen LogP) is 4.30. The van der Waals surface area contributed by atoms with Gasteiger partial charge < -0.3 is 9.47 Å². The van der Waals surface area contributed by atoms with Crippen LogP contribution in [0.2, 0.25) is 0 Å². The predicted molar refractivity (Wildman–Crippen MR) is 92.8 cm³/mol. The fourth-order valence-corrected chi connectivity index (χ4v) is 3.73. The molecule has 0 heterocycles. The zero-order valence-corrected chi connectivity index (χ0v) is 15.1. The molecule has 0 aliphatic heterocycles. The number of rotatable bonds is 6. The molecule has 0 radical (unpaired) electrons. The second-order valence-corrected chi connectivity index (χ2v) is 7.13. The standard InChI is InChI=1S/C20H28O4/c1-5-23-19(22)20(13-14(2)3)11-7-10-17(20)24-18(21)16-9-6-8-15(4)12-16/h6,8-9,12,14,17H,5,7,10-11,13H2,1-4H3. The molecule has 1 aliphatic rings. The number of benzene rings is 1. The van der Waals surface area contributed by atoms with Crippen molar-refractivity contribution in [2.75, 3.05) is 6.61 Å². The van der Waals surface area contributed by atoms with E-state index in [4.69, 9.17) is 9.47 Å². The lowest BCUT2D eigenvalue weighted by Crippen LogP contribution is -2.43. The summed E-state index contributed by atoms with van der Waals surface area (Å²) in [5, 5.41) is 0. The third-order valence-corrected chi connectivity index (χ3v) is 4.66. The van der Waals surface area contributed by atoms with Gasteiger partial charge >= 0.3 is 11.9 Å². The van der Waals surface area contributed by atoms with E-state index in [0.29, 0.717) is 30.9 Å². The second kappa shape index (κ2) is 7.82. The van der Waals surface area contributed by atoms with Crippen LogP contribution in [-0.2, 0) is 14.3 Å². The lowest BCUT2D eigenvalue weighted by atomic mass is 9.76. The molecule has 0 N–H and O–H groups in total. The van der Waals surface area contributed by atoms with E-state index < -0.39 is 11.5 Å². The van der Waals surface area contributed by atoms with Gasteiger partial charge in [0.15, 0.2) is 0 Å². The largest absolute Gasteiger partial charge is 0.465 e. The fraction of sp³-hybridized carbons (Fsp3) is 0.600. The first kappa shape index (κ1) is 18.5. The summed E-state index contributed by atoms with van der Waals surface area (Å²) in [6, 6.07) is 7.34. The summed E-state index contributed by atoms with van der Waals surface area (Å²) in [6.45, 7) is 8.26. The molecule has 1 fully saturated rings.